The Morgan fingerprint density at radius 1 is 1.29 bits per heavy atom. The van der Waals surface area contributed by atoms with Gasteiger partial charge in [0.05, 0.1) is 5.75 Å². The van der Waals surface area contributed by atoms with E-state index >= 15 is 0 Å². The van der Waals surface area contributed by atoms with Crippen LogP contribution < -0.4 is 10.0 Å². The van der Waals surface area contributed by atoms with Crippen LogP contribution in [0.1, 0.15) is 19.3 Å². The van der Waals surface area contributed by atoms with Crippen molar-refractivity contribution in [3.63, 3.8) is 0 Å². The Bertz CT molecular complexity index is 468. The van der Waals surface area contributed by atoms with Gasteiger partial charge in [-0.25, -0.2) is 17.9 Å². The van der Waals surface area contributed by atoms with Crippen molar-refractivity contribution >= 4 is 16.1 Å². The van der Waals surface area contributed by atoms with Gasteiger partial charge in [-0.2, -0.15) is 0 Å². The average Bonchev–Trinajstić information content (AvgIpc) is 2.47. The minimum absolute atomic E-state index is 0.0854. The van der Waals surface area contributed by atoms with Crippen LogP contribution in [0.25, 0.3) is 0 Å². The predicted octanol–water partition coefficient (Wildman–Crippen LogP) is -0.339. The van der Waals surface area contributed by atoms with E-state index in [1.165, 1.54) is 19.9 Å². The lowest BCUT2D eigenvalue weighted by atomic mass is 9.84. The van der Waals surface area contributed by atoms with Gasteiger partial charge in [-0.1, -0.05) is 0 Å². The molecule has 2 N–H and O–H groups in total. The molecule has 0 saturated carbocycles. The molecule has 0 aromatic rings. The zero-order valence-electron chi connectivity index (χ0n) is 12.8. The third-order valence-electron chi connectivity index (χ3n) is 4.59. The molecule has 0 bridgehead atoms. The first-order valence-electron chi connectivity index (χ1n) is 7.57. The van der Waals surface area contributed by atoms with Crippen molar-refractivity contribution in [1.82, 2.24) is 19.8 Å². The number of amides is 2. The highest BCUT2D eigenvalue weighted by Gasteiger charge is 2.35. The molecule has 2 heterocycles. The molecule has 8 heteroatoms. The molecule has 0 spiro atoms. The molecule has 2 fully saturated rings. The fraction of sp³-hybridized carbons (Fsp3) is 0.923. The van der Waals surface area contributed by atoms with Gasteiger partial charge in [0.1, 0.15) is 0 Å². The Balaban J connectivity index is 1.79. The van der Waals surface area contributed by atoms with Crippen LogP contribution in [0.2, 0.25) is 0 Å². The molecular formula is C13H26N4O3S. The summed E-state index contributed by atoms with van der Waals surface area (Å²) in [4.78, 5) is 16.3. The Kier molecular flexibility index (Phi) is 5.45. The van der Waals surface area contributed by atoms with Crippen molar-refractivity contribution in [2.24, 2.45) is 5.92 Å². The van der Waals surface area contributed by atoms with E-state index < -0.39 is 10.0 Å². The second-order valence-corrected chi connectivity index (χ2v) is 7.99. The van der Waals surface area contributed by atoms with Gasteiger partial charge >= 0.3 is 6.03 Å². The van der Waals surface area contributed by atoms with Crippen LogP contribution in [0.5, 0.6) is 0 Å². The van der Waals surface area contributed by atoms with Gasteiger partial charge in [-0.3, -0.25) is 0 Å². The highest BCUT2D eigenvalue weighted by Crippen LogP contribution is 2.29. The molecule has 0 aromatic carbocycles. The summed E-state index contributed by atoms with van der Waals surface area (Å²) in [5.41, 5.74) is 0. The van der Waals surface area contributed by atoms with Gasteiger partial charge in [-0.05, 0) is 45.8 Å². The summed E-state index contributed by atoms with van der Waals surface area (Å²) in [6.45, 7) is 2.82. The number of nitrogens with zero attached hydrogens (tertiary/aromatic N) is 2. The van der Waals surface area contributed by atoms with Crippen molar-refractivity contribution in [3.05, 3.63) is 0 Å². The van der Waals surface area contributed by atoms with E-state index in [1.54, 1.807) is 0 Å². The van der Waals surface area contributed by atoms with Crippen molar-refractivity contribution in [1.29, 1.82) is 0 Å². The molecule has 2 amide bonds. The molecule has 2 aliphatic heterocycles. The predicted molar refractivity (Wildman–Crippen MR) is 81.6 cm³/mol. The largest absolute Gasteiger partial charge is 0.337 e. The van der Waals surface area contributed by atoms with E-state index in [0.717, 1.165) is 26.1 Å². The number of likely N-dealkylation sites (tertiary alicyclic amines) is 2. The maximum Gasteiger partial charge on any atom is 0.317 e. The highest BCUT2D eigenvalue weighted by atomic mass is 32.2. The summed E-state index contributed by atoms with van der Waals surface area (Å²) in [5, 5.41) is 2.70. The number of hydrogen-bond donors (Lipinski definition) is 2. The smallest absolute Gasteiger partial charge is 0.317 e. The summed E-state index contributed by atoms with van der Waals surface area (Å²) < 4.78 is 24.8. The van der Waals surface area contributed by atoms with Crippen molar-refractivity contribution in [3.8, 4) is 0 Å². The third kappa shape index (κ3) is 4.31. The van der Waals surface area contributed by atoms with Crippen molar-refractivity contribution < 1.29 is 13.2 Å². The second kappa shape index (κ2) is 6.93. The van der Waals surface area contributed by atoms with Gasteiger partial charge < -0.3 is 15.1 Å². The van der Waals surface area contributed by atoms with Crippen LogP contribution >= 0.6 is 0 Å². The number of hydrogen-bond acceptors (Lipinski definition) is 4. The standard InChI is InChI=1S/C13H26N4O3S/c1-14-21(19,20)9-6-15-13(18)17-8-5-12-11(10-17)4-3-7-16(12)2/h11-12,14H,3-10H2,1-2H3,(H,15,18). The van der Waals surface area contributed by atoms with Gasteiger partial charge in [0.15, 0.2) is 0 Å². The summed E-state index contributed by atoms with van der Waals surface area (Å²) in [6, 6.07) is 0.445. The topological polar surface area (TPSA) is 81.8 Å². The first kappa shape index (κ1) is 16.5. The number of piperidine rings is 2. The Hall–Kier alpha value is -0.860. The van der Waals surface area contributed by atoms with Gasteiger partial charge in [0.25, 0.3) is 0 Å². The summed E-state index contributed by atoms with van der Waals surface area (Å²) in [7, 11) is 0.276. The number of sulfonamides is 1. The molecule has 0 aliphatic carbocycles. The minimum atomic E-state index is -3.26. The van der Waals surface area contributed by atoms with Crippen molar-refractivity contribution in [2.75, 3.05) is 46.0 Å². The van der Waals surface area contributed by atoms with E-state index in [9.17, 15) is 13.2 Å². The van der Waals surface area contributed by atoms with Crippen LogP contribution in [-0.4, -0.2) is 76.3 Å². The van der Waals surface area contributed by atoms with Crippen LogP contribution in [0, 0.1) is 5.92 Å². The molecule has 2 saturated heterocycles. The lowest BCUT2D eigenvalue weighted by Gasteiger charge is -2.45. The van der Waals surface area contributed by atoms with E-state index in [0.29, 0.717) is 12.0 Å². The van der Waals surface area contributed by atoms with E-state index in [2.05, 4.69) is 22.0 Å². The number of nitrogens with one attached hydrogen (secondary N) is 2. The van der Waals surface area contributed by atoms with Crippen LogP contribution in [0.3, 0.4) is 0 Å². The quantitative estimate of drug-likeness (QED) is 0.743. The number of urea groups is 1. The molecule has 0 aromatic heterocycles. The fourth-order valence-corrected chi connectivity index (χ4v) is 3.92. The molecular weight excluding hydrogens is 292 g/mol. The molecule has 2 rings (SSSR count). The molecule has 7 nitrogen and oxygen atoms in total. The number of carbonyl (C=O) groups excluding carboxylic acids is 1. The second-order valence-electron chi connectivity index (χ2n) is 5.94. The molecule has 0 radical (unpaired) electrons. The van der Waals surface area contributed by atoms with Gasteiger partial charge in [-0.15, -0.1) is 0 Å². The zero-order valence-corrected chi connectivity index (χ0v) is 13.7. The summed E-state index contributed by atoms with van der Waals surface area (Å²) in [6.07, 6.45) is 3.36. The summed E-state index contributed by atoms with van der Waals surface area (Å²) >= 11 is 0. The molecule has 2 atom stereocenters. The maximum atomic E-state index is 12.1. The first-order valence-corrected chi connectivity index (χ1v) is 9.22. The molecule has 122 valence electrons. The number of rotatable bonds is 4. The molecule has 21 heavy (non-hydrogen) atoms. The lowest BCUT2D eigenvalue weighted by Crippen LogP contribution is -2.55. The number of fused-ring (bicyclic) bond motifs is 1. The van der Waals surface area contributed by atoms with Gasteiger partial charge in [0.2, 0.25) is 10.0 Å². The van der Waals surface area contributed by atoms with Crippen LogP contribution in [-0.2, 0) is 10.0 Å². The SMILES string of the molecule is CNS(=O)(=O)CCNC(=O)N1CCC2C(CCCN2C)C1. The first-order chi connectivity index (χ1) is 9.93. The zero-order chi connectivity index (χ0) is 15.5. The highest BCUT2D eigenvalue weighted by molar-refractivity contribution is 7.89. The minimum Gasteiger partial charge on any atom is -0.337 e. The van der Waals surface area contributed by atoms with Crippen LogP contribution in [0.15, 0.2) is 0 Å². The average molecular weight is 318 g/mol. The van der Waals surface area contributed by atoms with E-state index in [4.69, 9.17) is 0 Å². The molecule has 2 unspecified atom stereocenters. The summed E-state index contributed by atoms with van der Waals surface area (Å²) in [5.74, 6) is 0.460. The normalized spacial score (nSPS) is 27.2. The monoisotopic (exact) mass is 318 g/mol. The lowest BCUT2D eigenvalue weighted by molar-refractivity contribution is 0.0517. The Morgan fingerprint density at radius 3 is 2.76 bits per heavy atom. The maximum absolute atomic E-state index is 12.1. The van der Waals surface area contributed by atoms with E-state index in [1.807, 2.05) is 4.90 Å². The Labute approximate surface area is 127 Å². The third-order valence-corrected chi connectivity index (χ3v) is 5.95. The fourth-order valence-electron chi connectivity index (χ4n) is 3.34. The van der Waals surface area contributed by atoms with Crippen molar-refractivity contribution in [2.45, 2.75) is 25.3 Å². The molecule has 2 aliphatic rings. The van der Waals surface area contributed by atoms with Gasteiger partial charge in [0, 0.05) is 25.7 Å². The number of carbonyl (C=O) groups is 1. The Morgan fingerprint density at radius 2 is 2.05 bits per heavy atom. The van der Waals surface area contributed by atoms with E-state index in [-0.39, 0.29) is 18.3 Å². The van der Waals surface area contributed by atoms with Crippen LogP contribution in [0.4, 0.5) is 4.79 Å².